The zero-order chi connectivity index (χ0) is 26.6. The predicted molar refractivity (Wildman–Crippen MR) is 140 cm³/mol. The van der Waals surface area contributed by atoms with E-state index >= 15 is 0 Å². The van der Waals surface area contributed by atoms with Crippen molar-refractivity contribution in [3.05, 3.63) is 107 Å². The molecule has 0 saturated carbocycles. The third kappa shape index (κ3) is 5.27. The minimum absolute atomic E-state index is 0.111. The Labute approximate surface area is 220 Å². The van der Waals surface area contributed by atoms with Gasteiger partial charge in [0.1, 0.15) is 11.6 Å². The Bertz CT molecular complexity index is 1470. The standard InChI is InChI=1S/C29H28FN5O3/c1-20-27(31-32-35(20)24-13-11-23(30)12-14-24)29(37)34-15-6-16-38-26-10-4-3-9-25(26)28(36)33(2)18-21-7-5-8-22(17-21)19-34/h3-5,7-14,17H,6,15-16,18-19H2,1-2H3. The molecular formula is C29H28FN5O3. The van der Waals surface area contributed by atoms with Crippen LogP contribution in [0.3, 0.4) is 0 Å². The first kappa shape index (κ1) is 25.1. The number of amides is 2. The van der Waals surface area contributed by atoms with Crippen molar-refractivity contribution in [1.29, 1.82) is 0 Å². The van der Waals surface area contributed by atoms with Crippen LogP contribution in [0.2, 0.25) is 0 Å². The van der Waals surface area contributed by atoms with Crippen LogP contribution in [0.1, 0.15) is 44.1 Å². The highest BCUT2D eigenvalue weighted by Gasteiger charge is 2.24. The number of rotatable bonds is 2. The Hall–Kier alpha value is -4.53. The molecule has 0 atom stereocenters. The Morgan fingerprint density at radius 1 is 0.974 bits per heavy atom. The molecule has 3 aromatic carbocycles. The van der Waals surface area contributed by atoms with E-state index < -0.39 is 0 Å². The first-order valence-corrected chi connectivity index (χ1v) is 12.4. The fourth-order valence-corrected chi connectivity index (χ4v) is 4.56. The average Bonchev–Trinajstić information content (AvgIpc) is 3.31. The highest BCUT2D eigenvalue weighted by atomic mass is 19.1. The smallest absolute Gasteiger partial charge is 0.276 e. The lowest BCUT2D eigenvalue weighted by atomic mass is 10.1. The van der Waals surface area contributed by atoms with Gasteiger partial charge in [0, 0.05) is 26.7 Å². The molecular weight excluding hydrogens is 485 g/mol. The Balaban J connectivity index is 1.44. The van der Waals surface area contributed by atoms with Crippen molar-refractivity contribution in [3.63, 3.8) is 0 Å². The number of ether oxygens (including phenoxy) is 1. The molecule has 1 aliphatic rings. The number of hydrogen-bond acceptors (Lipinski definition) is 5. The number of para-hydroxylation sites is 1. The van der Waals surface area contributed by atoms with Crippen molar-refractivity contribution in [2.24, 2.45) is 0 Å². The molecule has 8 nitrogen and oxygen atoms in total. The zero-order valence-corrected chi connectivity index (χ0v) is 21.3. The minimum Gasteiger partial charge on any atom is -0.493 e. The number of carbonyl (C=O) groups is 2. The van der Waals surface area contributed by atoms with Gasteiger partial charge in [-0.3, -0.25) is 9.59 Å². The van der Waals surface area contributed by atoms with Crippen molar-refractivity contribution in [2.75, 3.05) is 20.2 Å². The van der Waals surface area contributed by atoms with Crippen LogP contribution in [0.25, 0.3) is 5.69 Å². The van der Waals surface area contributed by atoms with Crippen molar-refractivity contribution in [3.8, 4) is 11.4 Å². The molecule has 2 heterocycles. The quantitative estimate of drug-likeness (QED) is 0.397. The van der Waals surface area contributed by atoms with E-state index in [4.69, 9.17) is 4.74 Å². The van der Waals surface area contributed by atoms with Crippen molar-refractivity contribution >= 4 is 11.8 Å². The Kier molecular flexibility index (Phi) is 7.17. The Morgan fingerprint density at radius 3 is 2.50 bits per heavy atom. The molecule has 0 fully saturated rings. The summed E-state index contributed by atoms with van der Waals surface area (Å²) in [5.74, 6) is -0.192. The van der Waals surface area contributed by atoms with Crippen LogP contribution in [-0.4, -0.2) is 56.8 Å². The molecule has 0 unspecified atom stereocenters. The molecule has 2 amide bonds. The van der Waals surface area contributed by atoms with Gasteiger partial charge in [-0.05, 0) is 60.9 Å². The minimum atomic E-state index is -0.351. The van der Waals surface area contributed by atoms with E-state index in [0.29, 0.717) is 55.4 Å². The summed E-state index contributed by atoms with van der Waals surface area (Å²) in [6.07, 6.45) is 0.551. The summed E-state index contributed by atoms with van der Waals surface area (Å²) >= 11 is 0. The number of hydrogen-bond donors (Lipinski definition) is 0. The van der Waals surface area contributed by atoms with Gasteiger partial charge in [0.05, 0.1) is 23.6 Å². The van der Waals surface area contributed by atoms with Crippen LogP contribution < -0.4 is 4.74 Å². The lowest BCUT2D eigenvalue weighted by Gasteiger charge is -2.24. The fourth-order valence-electron chi connectivity index (χ4n) is 4.56. The van der Waals surface area contributed by atoms with Crippen LogP contribution >= 0.6 is 0 Å². The molecule has 194 valence electrons. The van der Waals surface area contributed by atoms with Gasteiger partial charge in [-0.2, -0.15) is 0 Å². The second kappa shape index (κ2) is 10.8. The van der Waals surface area contributed by atoms with Gasteiger partial charge in [-0.25, -0.2) is 9.07 Å². The lowest BCUT2D eigenvalue weighted by Crippen LogP contribution is -2.33. The Morgan fingerprint density at radius 2 is 1.71 bits per heavy atom. The van der Waals surface area contributed by atoms with Crippen molar-refractivity contribution < 1.29 is 18.7 Å². The molecule has 0 saturated heterocycles. The van der Waals surface area contributed by atoms with Crippen molar-refractivity contribution in [2.45, 2.75) is 26.4 Å². The van der Waals surface area contributed by atoms with E-state index in [2.05, 4.69) is 10.3 Å². The number of nitrogens with zero attached hydrogens (tertiary/aromatic N) is 5. The van der Waals surface area contributed by atoms with E-state index in [-0.39, 0.29) is 23.3 Å². The normalized spacial score (nSPS) is 14.4. The summed E-state index contributed by atoms with van der Waals surface area (Å²) in [6, 6.07) is 21.0. The van der Waals surface area contributed by atoms with E-state index in [1.165, 1.54) is 16.8 Å². The third-order valence-corrected chi connectivity index (χ3v) is 6.53. The molecule has 9 heteroatoms. The number of fused-ring (bicyclic) bond motifs is 3. The van der Waals surface area contributed by atoms with Gasteiger partial charge in [-0.1, -0.05) is 41.6 Å². The molecule has 4 aromatic rings. The maximum Gasteiger partial charge on any atom is 0.276 e. The topological polar surface area (TPSA) is 80.6 Å². The molecule has 0 aliphatic carbocycles. The molecule has 38 heavy (non-hydrogen) atoms. The number of aromatic nitrogens is 3. The molecule has 0 radical (unpaired) electrons. The SMILES string of the molecule is Cc1c(C(=O)N2CCCOc3ccccc3C(=O)N(C)Cc3cccc(c3)C2)nnn1-c1ccc(F)cc1. The average molecular weight is 514 g/mol. The van der Waals surface area contributed by atoms with Crippen LogP contribution in [0.5, 0.6) is 5.75 Å². The molecule has 0 N–H and O–H groups in total. The summed E-state index contributed by atoms with van der Waals surface area (Å²) < 4.78 is 20.9. The first-order chi connectivity index (χ1) is 18.4. The van der Waals surface area contributed by atoms with E-state index in [1.54, 1.807) is 48.0 Å². The summed E-state index contributed by atoms with van der Waals surface area (Å²) in [7, 11) is 1.76. The molecule has 5 rings (SSSR count). The lowest BCUT2D eigenvalue weighted by molar-refractivity contribution is 0.0726. The largest absolute Gasteiger partial charge is 0.493 e. The molecule has 1 aromatic heterocycles. The summed E-state index contributed by atoms with van der Waals surface area (Å²) in [5.41, 5.74) is 3.83. The fraction of sp³-hybridized carbons (Fsp3) is 0.241. The van der Waals surface area contributed by atoms with Gasteiger partial charge in [-0.15, -0.1) is 5.10 Å². The molecule has 1 aliphatic heterocycles. The summed E-state index contributed by atoms with van der Waals surface area (Å²) in [5, 5.41) is 8.34. The maximum absolute atomic E-state index is 13.7. The number of carbonyl (C=O) groups excluding carboxylic acids is 2. The van der Waals surface area contributed by atoms with Crippen LogP contribution in [-0.2, 0) is 13.1 Å². The van der Waals surface area contributed by atoms with E-state index in [1.807, 2.05) is 36.4 Å². The maximum atomic E-state index is 13.7. The highest BCUT2D eigenvalue weighted by Crippen LogP contribution is 2.22. The van der Waals surface area contributed by atoms with Crippen LogP contribution in [0, 0.1) is 12.7 Å². The summed E-state index contributed by atoms with van der Waals surface area (Å²) in [6.45, 7) is 3.30. The molecule has 0 spiro atoms. The van der Waals surface area contributed by atoms with Crippen LogP contribution in [0.4, 0.5) is 4.39 Å². The monoisotopic (exact) mass is 513 g/mol. The van der Waals surface area contributed by atoms with Gasteiger partial charge in [0.2, 0.25) is 0 Å². The van der Waals surface area contributed by atoms with E-state index in [0.717, 1.165) is 11.1 Å². The van der Waals surface area contributed by atoms with Gasteiger partial charge < -0.3 is 14.5 Å². The second-order valence-corrected chi connectivity index (χ2v) is 9.32. The van der Waals surface area contributed by atoms with Crippen molar-refractivity contribution in [1.82, 2.24) is 24.8 Å². The predicted octanol–water partition coefficient (Wildman–Crippen LogP) is 4.41. The molecule has 2 bridgehead atoms. The third-order valence-electron chi connectivity index (χ3n) is 6.53. The second-order valence-electron chi connectivity index (χ2n) is 9.32. The van der Waals surface area contributed by atoms with Crippen LogP contribution in [0.15, 0.2) is 72.8 Å². The van der Waals surface area contributed by atoms with Gasteiger partial charge >= 0.3 is 0 Å². The van der Waals surface area contributed by atoms with E-state index in [9.17, 15) is 14.0 Å². The number of benzene rings is 3. The summed E-state index contributed by atoms with van der Waals surface area (Å²) in [4.78, 5) is 30.2. The van der Waals surface area contributed by atoms with Gasteiger partial charge in [0.15, 0.2) is 5.69 Å². The van der Waals surface area contributed by atoms with Gasteiger partial charge in [0.25, 0.3) is 11.8 Å². The first-order valence-electron chi connectivity index (χ1n) is 12.4. The highest BCUT2D eigenvalue weighted by molar-refractivity contribution is 5.96. The zero-order valence-electron chi connectivity index (χ0n) is 21.3. The number of halogens is 1.